The fourth-order valence-corrected chi connectivity index (χ4v) is 2.69. The van der Waals surface area contributed by atoms with Gasteiger partial charge in [-0.3, -0.25) is 9.36 Å². The Morgan fingerprint density at radius 1 is 1.00 bits per heavy atom. The van der Waals surface area contributed by atoms with Crippen LogP contribution < -0.4 is 15.0 Å². The molecule has 0 spiro atoms. The topological polar surface area (TPSA) is 60.7 Å². The first-order valence-corrected chi connectivity index (χ1v) is 8.79. The Labute approximate surface area is 162 Å². The molecule has 0 radical (unpaired) electrons. The number of methoxy groups -OCH3 is 1. The van der Waals surface area contributed by atoms with Crippen molar-refractivity contribution >= 4 is 0 Å². The second kappa shape index (κ2) is 7.86. The molecule has 0 atom stereocenters. The van der Waals surface area contributed by atoms with Crippen molar-refractivity contribution in [2.24, 2.45) is 0 Å². The van der Waals surface area contributed by atoms with Crippen LogP contribution in [0.15, 0.2) is 65.6 Å². The number of aromatic nitrogens is 1. The van der Waals surface area contributed by atoms with Gasteiger partial charge in [-0.2, -0.15) is 0 Å². The molecule has 2 aromatic carbocycles. The quantitative estimate of drug-likeness (QED) is 0.703. The summed E-state index contributed by atoms with van der Waals surface area (Å²) in [6.07, 6.45) is 1.66. The second-order valence-electron chi connectivity index (χ2n) is 7.07. The van der Waals surface area contributed by atoms with Gasteiger partial charge in [0.2, 0.25) is 0 Å². The smallest absolute Gasteiger partial charge is 0.255 e. The van der Waals surface area contributed by atoms with Crippen molar-refractivity contribution in [1.29, 1.82) is 0 Å². The Morgan fingerprint density at radius 3 is 2.32 bits per heavy atom. The van der Waals surface area contributed by atoms with Crippen LogP contribution in [-0.2, 0) is 0 Å². The number of hydrogen-bond acceptors (Lipinski definition) is 4. The van der Waals surface area contributed by atoms with Gasteiger partial charge in [-0.15, -0.1) is 0 Å². The average Bonchev–Trinajstić information content (AvgIpc) is 2.66. The van der Waals surface area contributed by atoms with Gasteiger partial charge in [0, 0.05) is 18.3 Å². The lowest BCUT2D eigenvalue weighted by atomic mass is 10.1. The number of aliphatic hydroxyl groups is 1. The highest BCUT2D eigenvalue weighted by atomic mass is 19.1. The summed E-state index contributed by atoms with van der Waals surface area (Å²) in [5.74, 6) is 0.608. The van der Waals surface area contributed by atoms with E-state index in [0.717, 1.165) is 5.56 Å². The minimum absolute atomic E-state index is 0.106. The fourth-order valence-electron chi connectivity index (χ4n) is 2.69. The summed E-state index contributed by atoms with van der Waals surface area (Å²) in [5, 5.41) is 9.81. The lowest BCUT2D eigenvalue weighted by Gasteiger charge is -2.19. The predicted molar refractivity (Wildman–Crippen MR) is 106 cm³/mol. The van der Waals surface area contributed by atoms with Gasteiger partial charge in [0.15, 0.2) is 11.5 Å². The molecular weight excluding hydrogens is 361 g/mol. The molecule has 1 heterocycles. The molecule has 146 valence electrons. The lowest BCUT2D eigenvalue weighted by Crippen LogP contribution is -2.28. The van der Waals surface area contributed by atoms with E-state index in [1.54, 1.807) is 56.4 Å². The molecule has 0 fully saturated rings. The first kappa shape index (κ1) is 19.6. The van der Waals surface area contributed by atoms with E-state index in [-0.39, 0.29) is 18.0 Å². The largest absolute Gasteiger partial charge is 0.493 e. The third-order valence-electron chi connectivity index (χ3n) is 4.10. The Hall–Kier alpha value is -3.12. The van der Waals surface area contributed by atoms with Gasteiger partial charge in [0.25, 0.3) is 5.56 Å². The number of benzene rings is 2. The van der Waals surface area contributed by atoms with Crippen molar-refractivity contribution in [2.45, 2.75) is 19.4 Å². The molecule has 0 aliphatic rings. The van der Waals surface area contributed by atoms with Gasteiger partial charge in [-0.25, -0.2) is 4.39 Å². The van der Waals surface area contributed by atoms with Crippen LogP contribution in [0.3, 0.4) is 0 Å². The standard InChI is InChI=1S/C22H22FNO4/c1-22(2,26)14-28-19-9-8-18(13-20(19)27-3)24-11-10-16(12-21(24)25)15-4-6-17(23)7-5-15/h4-13,26H,14H2,1-3H3. The minimum atomic E-state index is -0.975. The summed E-state index contributed by atoms with van der Waals surface area (Å²) in [7, 11) is 1.51. The van der Waals surface area contributed by atoms with Gasteiger partial charge in [-0.05, 0) is 55.3 Å². The summed E-state index contributed by atoms with van der Waals surface area (Å²) >= 11 is 0. The van der Waals surface area contributed by atoms with Crippen LogP contribution >= 0.6 is 0 Å². The van der Waals surface area contributed by atoms with E-state index in [2.05, 4.69) is 0 Å². The minimum Gasteiger partial charge on any atom is -0.493 e. The molecule has 0 aliphatic heterocycles. The molecule has 0 amide bonds. The fraction of sp³-hybridized carbons (Fsp3) is 0.227. The number of halogens is 1. The predicted octanol–water partition coefficient (Wildman–Crippen LogP) is 3.80. The summed E-state index contributed by atoms with van der Waals surface area (Å²) in [6.45, 7) is 3.40. The molecule has 5 nitrogen and oxygen atoms in total. The number of ether oxygens (including phenoxy) is 2. The van der Waals surface area contributed by atoms with E-state index in [4.69, 9.17) is 9.47 Å². The van der Waals surface area contributed by atoms with Gasteiger partial charge in [0.1, 0.15) is 12.4 Å². The molecule has 0 saturated heterocycles. The van der Waals surface area contributed by atoms with Crippen LogP contribution in [0.5, 0.6) is 11.5 Å². The molecule has 1 aromatic heterocycles. The Morgan fingerprint density at radius 2 is 1.71 bits per heavy atom. The van der Waals surface area contributed by atoms with Crippen LogP contribution in [0.4, 0.5) is 4.39 Å². The van der Waals surface area contributed by atoms with E-state index in [0.29, 0.717) is 22.7 Å². The zero-order chi connectivity index (χ0) is 20.3. The molecule has 0 bridgehead atoms. The van der Waals surface area contributed by atoms with E-state index in [9.17, 15) is 14.3 Å². The highest BCUT2D eigenvalue weighted by Crippen LogP contribution is 2.30. The zero-order valence-electron chi connectivity index (χ0n) is 16.0. The molecule has 3 aromatic rings. The van der Waals surface area contributed by atoms with Crippen LogP contribution in [-0.4, -0.2) is 29.0 Å². The van der Waals surface area contributed by atoms with Gasteiger partial charge < -0.3 is 14.6 Å². The first-order valence-electron chi connectivity index (χ1n) is 8.79. The number of nitrogens with zero attached hydrogens (tertiary/aromatic N) is 1. The van der Waals surface area contributed by atoms with E-state index in [1.165, 1.54) is 29.9 Å². The summed E-state index contributed by atoms with van der Waals surface area (Å²) in [4.78, 5) is 12.6. The molecule has 1 N–H and O–H groups in total. The molecule has 6 heteroatoms. The summed E-state index contributed by atoms with van der Waals surface area (Å²) in [6, 6.07) is 14.4. The second-order valence-corrected chi connectivity index (χ2v) is 7.07. The van der Waals surface area contributed by atoms with E-state index in [1.807, 2.05) is 0 Å². The molecule has 28 heavy (non-hydrogen) atoms. The number of rotatable bonds is 6. The van der Waals surface area contributed by atoms with Crippen LogP contribution in [0.2, 0.25) is 0 Å². The molecule has 3 rings (SSSR count). The van der Waals surface area contributed by atoms with Crippen molar-refractivity contribution in [2.75, 3.05) is 13.7 Å². The Balaban J connectivity index is 1.91. The van der Waals surface area contributed by atoms with Crippen molar-refractivity contribution in [3.8, 4) is 28.3 Å². The van der Waals surface area contributed by atoms with E-state index >= 15 is 0 Å². The van der Waals surface area contributed by atoms with Gasteiger partial charge in [0.05, 0.1) is 18.4 Å². The molecule has 0 saturated carbocycles. The van der Waals surface area contributed by atoms with Crippen molar-refractivity contribution < 1.29 is 19.0 Å². The van der Waals surface area contributed by atoms with Crippen molar-refractivity contribution in [3.05, 3.63) is 77.0 Å². The normalized spacial score (nSPS) is 11.3. The first-order chi connectivity index (χ1) is 13.3. The van der Waals surface area contributed by atoms with Crippen LogP contribution in [0.25, 0.3) is 16.8 Å². The Kier molecular flexibility index (Phi) is 5.51. The maximum atomic E-state index is 13.1. The van der Waals surface area contributed by atoms with Crippen LogP contribution in [0, 0.1) is 5.82 Å². The third kappa shape index (κ3) is 4.58. The van der Waals surface area contributed by atoms with Gasteiger partial charge >= 0.3 is 0 Å². The van der Waals surface area contributed by atoms with Crippen molar-refractivity contribution in [3.63, 3.8) is 0 Å². The molecule has 0 unspecified atom stereocenters. The monoisotopic (exact) mass is 383 g/mol. The zero-order valence-corrected chi connectivity index (χ0v) is 16.0. The number of pyridine rings is 1. The number of hydrogen-bond donors (Lipinski definition) is 1. The SMILES string of the molecule is COc1cc(-n2ccc(-c3ccc(F)cc3)cc2=O)ccc1OCC(C)(C)O. The molecular formula is C22H22FNO4. The average molecular weight is 383 g/mol. The summed E-state index contributed by atoms with van der Waals surface area (Å²) < 4.78 is 25.5. The van der Waals surface area contributed by atoms with Crippen LogP contribution in [0.1, 0.15) is 13.8 Å². The van der Waals surface area contributed by atoms with Crippen molar-refractivity contribution in [1.82, 2.24) is 4.57 Å². The van der Waals surface area contributed by atoms with Gasteiger partial charge in [-0.1, -0.05) is 12.1 Å². The summed E-state index contributed by atoms with van der Waals surface area (Å²) in [5.41, 5.74) is 0.880. The van der Waals surface area contributed by atoms with E-state index < -0.39 is 5.60 Å². The Bertz CT molecular complexity index is 1020. The lowest BCUT2D eigenvalue weighted by molar-refractivity contribution is 0.0276. The molecule has 0 aliphatic carbocycles. The highest BCUT2D eigenvalue weighted by molar-refractivity contribution is 5.63. The maximum Gasteiger partial charge on any atom is 0.255 e. The maximum absolute atomic E-state index is 13.1. The highest BCUT2D eigenvalue weighted by Gasteiger charge is 2.16. The third-order valence-corrected chi connectivity index (χ3v) is 4.10.